The van der Waals surface area contributed by atoms with E-state index in [-0.39, 0.29) is 0 Å². The largest absolute Gasteiger partial charge is 0.385 e. The summed E-state index contributed by atoms with van der Waals surface area (Å²) in [5.41, 5.74) is 0.482. The Hall–Kier alpha value is -0.220. The van der Waals surface area contributed by atoms with Crippen molar-refractivity contribution in [2.24, 2.45) is 10.4 Å². The molecular weight excluding hydrogens is 220 g/mol. The van der Waals surface area contributed by atoms with Crippen molar-refractivity contribution in [2.45, 2.75) is 38.6 Å². The molecule has 0 aromatic rings. The van der Waals surface area contributed by atoms with Gasteiger partial charge in [0.15, 0.2) is 5.17 Å². The lowest BCUT2D eigenvalue weighted by Gasteiger charge is -2.12. The maximum absolute atomic E-state index is 5.15. The normalized spacial score (nSPS) is 29.4. The number of ether oxygens (including phenoxy) is 1. The first-order valence-corrected chi connectivity index (χ1v) is 7.19. The Morgan fingerprint density at radius 3 is 2.94 bits per heavy atom. The average Bonchev–Trinajstić information content (AvgIpc) is 2.93. The van der Waals surface area contributed by atoms with Gasteiger partial charge in [-0.2, -0.15) is 0 Å². The number of thioether (sulfide) groups is 1. The second kappa shape index (κ2) is 5.41. The topological polar surface area (TPSA) is 33.6 Å². The molecule has 0 spiro atoms. The summed E-state index contributed by atoms with van der Waals surface area (Å²) in [6.45, 7) is 4.09. The van der Waals surface area contributed by atoms with Crippen LogP contribution in [0.15, 0.2) is 4.99 Å². The van der Waals surface area contributed by atoms with E-state index in [4.69, 9.17) is 9.73 Å². The number of nitrogens with one attached hydrogen (secondary N) is 1. The number of rotatable bonds is 6. The Morgan fingerprint density at radius 2 is 2.38 bits per heavy atom. The van der Waals surface area contributed by atoms with Crippen LogP contribution in [0.5, 0.6) is 0 Å². The molecule has 3 nitrogen and oxygen atoms in total. The van der Waals surface area contributed by atoms with Crippen LogP contribution < -0.4 is 5.32 Å². The van der Waals surface area contributed by atoms with Crippen LogP contribution in [0, 0.1) is 5.41 Å². The Balaban J connectivity index is 1.76. The van der Waals surface area contributed by atoms with Gasteiger partial charge >= 0.3 is 0 Å². The molecule has 1 saturated carbocycles. The van der Waals surface area contributed by atoms with Gasteiger partial charge in [-0.1, -0.05) is 18.7 Å². The van der Waals surface area contributed by atoms with Crippen LogP contribution in [0.4, 0.5) is 0 Å². The first kappa shape index (κ1) is 12.2. The molecule has 1 aliphatic heterocycles. The summed E-state index contributed by atoms with van der Waals surface area (Å²) in [7, 11) is 1.78. The monoisotopic (exact) mass is 242 g/mol. The summed E-state index contributed by atoms with van der Waals surface area (Å²) in [5, 5.41) is 4.64. The van der Waals surface area contributed by atoms with E-state index in [0.717, 1.165) is 18.3 Å². The number of nitrogens with zero attached hydrogens (tertiary/aromatic N) is 1. The summed E-state index contributed by atoms with van der Waals surface area (Å²) < 4.78 is 5.15. The maximum Gasteiger partial charge on any atom is 0.156 e. The van der Waals surface area contributed by atoms with Crippen molar-refractivity contribution in [3.05, 3.63) is 0 Å². The zero-order valence-corrected chi connectivity index (χ0v) is 11.1. The van der Waals surface area contributed by atoms with Gasteiger partial charge in [-0.05, 0) is 31.1 Å². The summed E-state index contributed by atoms with van der Waals surface area (Å²) >= 11 is 1.87. The predicted octanol–water partition coefficient (Wildman–Crippen LogP) is 2.27. The van der Waals surface area contributed by atoms with Gasteiger partial charge in [0.1, 0.15) is 0 Å². The van der Waals surface area contributed by atoms with Crippen molar-refractivity contribution in [1.29, 1.82) is 0 Å². The molecule has 1 N–H and O–H groups in total. The van der Waals surface area contributed by atoms with Gasteiger partial charge in [0.25, 0.3) is 0 Å². The lowest BCUT2D eigenvalue weighted by Crippen LogP contribution is -2.26. The summed E-state index contributed by atoms with van der Waals surface area (Å²) in [6, 6.07) is 0.637. The lowest BCUT2D eigenvalue weighted by molar-refractivity contribution is 0.174. The zero-order chi connectivity index (χ0) is 11.4. The second-order valence-electron chi connectivity index (χ2n) is 4.92. The highest BCUT2D eigenvalue weighted by Gasteiger charge is 2.42. The first-order valence-electron chi connectivity index (χ1n) is 6.21. The van der Waals surface area contributed by atoms with Crippen LogP contribution in [-0.4, -0.2) is 37.2 Å². The Bertz CT molecular complexity index is 264. The minimum Gasteiger partial charge on any atom is -0.385 e. The minimum atomic E-state index is 0.482. The Morgan fingerprint density at radius 1 is 1.56 bits per heavy atom. The molecule has 0 bridgehead atoms. The van der Waals surface area contributed by atoms with Gasteiger partial charge < -0.3 is 10.1 Å². The fourth-order valence-corrected chi connectivity index (χ4v) is 3.05. The Labute approximate surface area is 102 Å². The third-order valence-electron chi connectivity index (χ3n) is 3.59. The van der Waals surface area contributed by atoms with Gasteiger partial charge in [0, 0.05) is 32.1 Å². The number of hydrogen-bond donors (Lipinski definition) is 1. The van der Waals surface area contributed by atoms with Gasteiger partial charge in [-0.15, -0.1) is 0 Å². The summed E-state index contributed by atoms with van der Waals surface area (Å²) in [4.78, 5) is 4.72. The van der Waals surface area contributed by atoms with E-state index >= 15 is 0 Å². The minimum absolute atomic E-state index is 0.482. The zero-order valence-electron chi connectivity index (χ0n) is 10.3. The highest BCUT2D eigenvalue weighted by Crippen LogP contribution is 2.49. The van der Waals surface area contributed by atoms with E-state index in [2.05, 4.69) is 12.2 Å². The SMILES string of the molecule is CCC1CSC(=NCC2(CCOC)CC2)N1. The molecule has 2 aliphatic rings. The molecule has 1 unspecified atom stereocenters. The van der Waals surface area contributed by atoms with Crippen molar-refractivity contribution in [2.75, 3.05) is 26.0 Å². The fourth-order valence-electron chi connectivity index (χ4n) is 1.97. The quantitative estimate of drug-likeness (QED) is 0.776. The molecule has 0 aromatic carbocycles. The third-order valence-corrected chi connectivity index (χ3v) is 4.68. The third kappa shape index (κ3) is 3.14. The van der Waals surface area contributed by atoms with Gasteiger partial charge in [0.2, 0.25) is 0 Å². The Kier molecular flexibility index (Phi) is 4.14. The highest BCUT2D eigenvalue weighted by atomic mass is 32.2. The van der Waals surface area contributed by atoms with E-state index in [0.29, 0.717) is 11.5 Å². The summed E-state index contributed by atoms with van der Waals surface area (Å²) in [6.07, 6.45) is 5.02. The number of amidine groups is 1. The van der Waals surface area contributed by atoms with Crippen LogP contribution in [0.3, 0.4) is 0 Å². The smallest absolute Gasteiger partial charge is 0.156 e. The molecule has 0 aromatic heterocycles. The number of hydrogen-bond acceptors (Lipinski definition) is 3. The molecular formula is C12H22N2OS. The molecule has 0 amide bonds. The molecule has 1 atom stereocenters. The van der Waals surface area contributed by atoms with Crippen molar-refractivity contribution >= 4 is 16.9 Å². The molecule has 2 fully saturated rings. The number of aliphatic imine (C=N–C) groups is 1. The summed E-state index contributed by atoms with van der Waals surface area (Å²) in [5.74, 6) is 1.18. The first-order chi connectivity index (χ1) is 7.78. The molecule has 16 heavy (non-hydrogen) atoms. The van der Waals surface area contributed by atoms with Gasteiger partial charge in [-0.3, -0.25) is 4.99 Å². The maximum atomic E-state index is 5.15. The lowest BCUT2D eigenvalue weighted by atomic mass is 10.0. The molecule has 0 radical (unpaired) electrons. The molecule has 1 aliphatic carbocycles. The van der Waals surface area contributed by atoms with Crippen molar-refractivity contribution in [3.8, 4) is 0 Å². The molecule has 1 heterocycles. The number of methoxy groups -OCH3 is 1. The standard InChI is InChI=1S/C12H22N2OS/c1-3-10-8-16-11(14-10)13-9-12(4-5-12)6-7-15-2/h10H,3-9H2,1-2H3,(H,13,14). The second-order valence-corrected chi connectivity index (χ2v) is 5.93. The highest BCUT2D eigenvalue weighted by molar-refractivity contribution is 8.14. The van der Waals surface area contributed by atoms with E-state index < -0.39 is 0 Å². The molecule has 2 rings (SSSR count). The van der Waals surface area contributed by atoms with Gasteiger partial charge in [-0.25, -0.2) is 0 Å². The van der Waals surface area contributed by atoms with E-state index in [1.54, 1.807) is 7.11 Å². The van der Waals surface area contributed by atoms with E-state index in [9.17, 15) is 0 Å². The van der Waals surface area contributed by atoms with Crippen LogP contribution in [0.1, 0.15) is 32.6 Å². The van der Waals surface area contributed by atoms with Crippen molar-refractivity contribution < 1.29 is 4.74 Å². The van der Waals surface area contributed by atoms with Crippen molar-refractivity contribution in [1.82, 2.24) is 5.32 Å². The molecule has 1 saturated heterocycles. The van der Waals surface area contributed by atoms with Crippen LogP contribution in [0.2, 0.25) is 0 Å². The van der Waals surface area contributed by atoms with Crippen molar-refractivity contribution in [3.63, 3.8) is 0 Å². The average molecular weight is 242 g/mol. The molecule has 4 heteroatoms. The van der Waals surface area contributed by atoms with Crippen LogP contribution in [-0.2, 0) is 4.74 Å². The van der Waals surface area contributed by atoms with E-state index in [1.807, 2.05) is 11.8 Å². The van der Waals surface area contributed by atoms with E-state index in [1.165, 1.54) is 31.4 Å². The van der Waals surface area contributed by atoms with Crippen LogP contribution >= 0.6 is 11.8 Å². The van der Waals surface area contributed by atoms with Gasteiger partial charge in [0.05, 0.1) is 0 Å². The fraction of sp³-hybridized carbons (Fsp3) is 0.917. The predicted molar refractivity (Wildman–Crippen MR) is 70.1 cm³/mol. The van der Waals surface area contributed by atoms with Crippen LogP contribution in [0.25, 0.3) is 0 Å². The molecule has 92 valence electrons.